The van der Waals surface area contributed by atoms with Gasteiger partial charge in [-0.1, -0.05) is 42.5 Å². The predicted molar refractivity (Wildman–Crippen MR) is 134 cm³/mol. The van der Waals surface area contributed by atoms with Gasteiger partial charge in [-0.2, -0.15) is 0 Å². The van der Waals surface area contributed by atoms with Crippen LogP contribution in [0.4, 0.5) is 0 Å². The van der Waals surface area contributed by atoms with Crippen LogP contribution in [0.3, 0.4) is 0 Å². The Hall–Kier alpha value is -2.19. The highest BCUT2D eigenvalue weighted by atomic mass is 127. The monoisotopic (exact) mass is 602 g/mol. The maximum Gasteiger partial charge on any atom is 0.194 e. The topological polar surface area (TPSA) is 26.3 Å². The van der Waals surface area contributed by atoms with Crippen LogP contribution in [-0.2, 0) is 0 Å². The fourth-order valence-electron chi connectivity index (χ4n) is 2.98. The lowest BCUT2D eigenvalue weighted by molar-refractivity contribution is 0.103. The van der Waals surface area contributed by atoms with Gasteiger partial charge in [-0.15, -0.1) is 0 Å². The standard InChI is InChI=1S/C25H16I2O2/c26-20-10-15-24(27)23(16-20)25(28)19-8-13-22(14-9-19)29-21-11-6-18(7-12-21)17-4-2-1-3-5-17/h1-16H. The molecule has 0 bridgehead atoms. The largest absolute Gasteiger partial charge is 0.457 e. The summed E-state index contributed by atoms with van der Waals surface area (Å²) < 4.78 is 7.94. The van der Waals surface area contributed by atoms with Crippen LogP contribution in [-0.4, -0.2) is 5.78 Å². The van der Waals surface area contributed by atoms with Gasteiger partial charge in [-0.05, 0) is 111 Å². The lowest BCUT2D eigenvalue weighted by Gasteiger charge is -2.09. The van der Waals surface area contributed by atoms with Crippen LogP contribution in [0.5, 0.6) is 11.5 Å². The number of hydrogen-bond donors (Lipinski definition) is 0. The first-order valence-corrected chi connectivity index (χ1v) is 11.2. The Labute approximate surface area is 197 Å². The maximum absolute atomic E-state index is 12.8. The molecule has 0 heterocycles. The lowest BCUT2D eigenvalue weighted by atomic mass is 10.0. The second kappa shape index (κ2) is 9.09. The number of benzene rings is 4. The van der Waals surface area contributed by atoms with E-state index in [0.29, 0.717) is 11.3 Å². The van der Waals surface area contributed by atoms with E-state index in [1.807, 2.05) is 84.9 Å². The smallest absolute Gasteiger partial charge is 0.194 e. The van der Waals surface area contributed by atoms with Crippen molar-refractivity contribution in [2.45, 2.75) is 0 Å². The van der Waals surface area contributed by atoms with Gasteiger partial charge in [0.1, 0.15) is 11.5 Å². The van der Waals surface area contributed by atoms with Crippen molar-refractivity contribution in [2.24, 2.45) is 0 Å². The van der Waals surface area contributed by atoms with Crippen molar-refractivity contribution in [3.05, 3.63) is 115 Å². The molecule has 0 fully saturated rings. The summed E-state index contributed by atoms with van der Waals surface area (Å²) in [5.41, 5.74) is 3.69. The van der Waals surface area contributed by atoms with E-state index in [2.05, 4.69) is 57.3 Å². The third-order valence-corrected chi connectivity index (χ3v) is 6.10. The molecule has 0 radical (unpaired) electrons. The molecule has 142 valence electrons. The second-order valence-electron chi connectivity index (χ2n) is 6.47. The van der Waals surface area contributed by atoms with Crippen LogP contribution >= 0.6 is 45.2 Å². The zero-order valence-electron chi connectivity index (χ0n) is 15.3. The van der Waals surface area contributed by atoms with Crippen molar-refractivity contribution in [3.63, 3.8) is 0 Å². The van der Waals surface area contributed by atoms with Crippen molar-refractivity contribution >= 4 is 51.0 Å². The molecular weight excluding hydrogens is 586 g/mol. The van der Waals surface area contributed by atoms with E-state index >= 15 is 0 Å². The second-order valence-corrected chi connectivity index (χ2v) is 8.88. The zero-order chi connectivity index (χ0) is 20.2. The Morgan fingerprint density at radius 1 is 0.655 bits per heavy atom. The van der Waals surface area contributed by atoms with Crippen LogP contribution in [0.1, 0.15) is 15.9 Å². The Kier molecular flexibility index (Phi) is 6.30. The molecule has 2 nitrogen and oxygen atoms in total. The number of hydrogen-bond acceptors (Lipinski definition) is 2. The molecule has 0 aliphatic rings. The summed E-state index contributed by atoms with van der Waals surface area (Å²) in [5.74, 6) is 1.48. The molecule has 0 aliphatic carbocycles. The zero-order valence-corrected chi connectivity index (χ0v) is 19.6. The molecule has 0 amide bonds. The number of halogens is 2. The Bertz CT molecular complexity index is 1140. The van der Waals surface area contributed by atoms with E-state index in [0.717, 1.165) is 24.0 Å². The van der Waals surface area contributed by atoms with Gasteiger partial charge in [0.05, 0.1) is 0 Å². The molecule has 0 N–H and O–H groups in total. The van der Waals surface area contributed by atoms with Crippen molar-refractivity contribution < 1.29 is 9.53 Å². The van der Waals surface area contributed by atoms with Gasteiger partial charge in [0, 0.05) is 18.3 Å². The van der Waals surface area contributed by atoms with Gasteiger partial charge in [-0.25, -0.2) is 0 Å². The predicted octanol–water partition coefficient (Wildman–Crippen LogP) is 7.59. The highest BCUT2D eigenvalue weighted by molar-refractivity contribution is 14.1. The molecule has 4 heteroatoms. The van der Waals surface area contributed by atoms with Gasteiger partial charge in [0.25, 0.3) is 0 Å². The Morgan fingerprint density at radius 3 is 1.90 bits per heavy atom. The van der Waals surface area contributed by atoms with Crippen LogP contribution in [0.25, 0.3) is 11.1 Å². The third-order valence-electron chi connectivity index (χ3n) is 4.49. The minimum atomic E-state index is 0.0201. The molecule has 0 saturated heterocycles. The number of rotatable bonds is 5. The molecule has 4 aromatic carbocycles. The molecule has 0 atom stereocenters. The summed E-state index contributed by atoms with van der Waals surface area (Å²) in [6.07, 6.45) is 0. The van der Waals surface area contributed by atoms with Crippen LogP contribution in [0.15, 0.2) is 97.1 Å². The highest BCUT2D eigenvalue weighted by Gasteiger charge is 2.13. The Morgan fingerprint density at radius 2 is 1.24 bits per heavy atom. The molecule has 4 aromatic rings. The minimum Gasteiger partial charge on any atom is -0.457 e. The van der Waals surface area contributed by atoms with Gasteiger partial charge >= 0.3 is 0 Å². The van der Waals surface area contributed by atoms with Gasteiger partial charge in [0.2, 0.25) is 0 Å². The van der Waals surface area contributed by atoms with E-state index in [1.54, 1.807) is 0 Å². The van der Waals surface area contributed by atoms with Crippen LogP contribution in [0.2, 0.25) is 0 Å². The number of carbonyl (C=O) groups is 1. The van der Waals surface area contributed by atoms with E-state index in [4.69, 9.17) is 4.74 Å². The fourth-order valence-corrected chi connectivity index (χ4v) is 4.06. The van der Waals surface area contributed by atoms with Crippen LogP contribution in [0, 0.1) is 7.14 Å². The number of ketones is 1. The molecule has 0 aliphatic heterocycles. The molecule has 0 aromatic heterocycles. The van der Waals surface area contributed by atoms with Gasteiger partial charge in [0.15, 0.2) is 5.78 Å². The molecule has 29 heavy (non-hydrogen) atoms. The van der Waals surface area contributed by atoms with Crippen molar-refractivity contribution in [1.29, 1.82) is 0 Å². The minimum absolute atomic E-state index is 0.0201. The third kappa shape index (κ3) is 4.87. The van der Waals surface area contributed by atoms with E-state index in [9.17, 15) is 4.79 Å². The summed E-state index contributed by atoms with van der Waals surface area (Å²) in [5, 5.41) is 0. The Balaban J connectivity index is 1.48. The number of carbonyl (C=O) groups excluding carboxylic acids is 1. The quantitative estimate of drug-likeness (QED) is 0.174. The summed E-state index contributed by atoms with van der Waals surface area (Å²) in [6, 6.07) is 31.4. The fraction of sp³-hybridized carbons (Fsp3) is 0. The van der Waals surface area contributed by atoms with E-state index < -0.39 is 0 Å². The highest BCUT2D eigenvalue weighted by Crippen LogP contribution is 2.27. The van der Waals surface area contributed by atoms with Gasteiger partial charge in [-0.3, -0.25) is 4.79 Å². The lowest BCUT2D eigenvalue weighted by Crippen LogP contribution is -2.04. The first kappa shape index (κ1) is 20.1. The molecule has 4 rings (SSSR count). The van der Waals surface area contributed by atoms with Gasteiger partial charge < -0.3 is 4.74 Å². The number of ether oxygens (including phenoxy) is 1. The van der Waals surface area contributed by atoms with Crippen molar-refractivity contribution in [1.82, 2.24) is 0 Å². The van der Waals surface area contributed by atoms with E-state index in [1.165, 1.54) is 5.56 Å². The summed E-state index contributed by atoms with van der Waals surface area (Å²) in [7, 11) is 0. The normalized spacial score (nSPS) is 10.6. The molecular formula is C25H16I2O2. The van der Waals surface area contributed by atoms with Crippen molar-refractivity contribution in [2.75, 3.05) is 0 Å². The molecule has 0 saturated carbocycles. The molecule has 0 spiro atoms. The van der Waals surface area contributed by atoms with Crippen molar-refractivity contribution in [3.8, 4) is 22.6 Å². The summed E-state index contributed by atoms with van der Waals surface area (Å²) in [4.78, 5) is 12.8. The maximum atomic E-state index is 12.8. The summed E-state index contributed by atoms with van der Waals surface area (Å²) in [6.45, 7) is 0. The first-order valence-electron chi connectivity index (χ1n) is 9.03. The average Bonchev–Trinajstić information content (AvgIpc) is 2.77. The average molecular weight is 602 g/mol. The van der Waals surface area contributed by atoms with Crippen LogP contribution < -0.4 is 4.74 Å². The SMILES string of the molecule is O=C(c1ccc(Oc2ccc(-c3ccccc3)cc2)cc1)c1cc(I)ccc1I. The molecule has 0 unspecified atom stereocenters. The van der Waals surface area contributed by atoms with E-state index in [-0.39, 0.29) is 5.78 Å². The summed E-state index contributed by atoms with van der Waals surface area (Å²) >= 11 is 4.42. The first-order chi connectivity index (χ1) is 14.1.